The molecular formula is C7H14BrNO. The van der Waals surface area contributed by atoms with E-state index in [1.54, 1.807) is 0 Å². The Labute approximate surface area is 70.3 Å². The maximum atomic E-state index is 9.15. The highest BCUT2D eigenvalue weighted by atomic mass is 79.9. The molecule has 1 saturated heterocycles. The van der Waals surface area contributed by atoms with E-state index in [9.17, 15) is 0 Å². The van der Waals surface area contributed by atoms with Gasteiger partial charge in [0, 0.05) is 18.4 Å². The molecule has 1 aliphatic rings. The van der Waals surface area contributed by atoms with Crippen LogP contribution in [0.3, 0.4) is 0 Å². The molecule has 60 valence electrons. The van der Waals surface area contributed by atoms with Crippen molar-refractivity contribution in [1.29, 1.82) is 0 Å². The molecule has 0 bridgehead atoms. The predicted octanol–water partition coefficient (Wildman–Crippen LogP) is 0.838. The number of likely N-dealkylation sites (tertiary alicyclic amines) is 1. The second kappa shape index (κ2) is 4.31. The lowest BCUT2D eigenvalue weighted by atomic mass is 10.3. The zero-order valence-electron chi connectivity index (χ0n) is 6.09. The summed E-state index contributed by atoms with van der Waals surface area (Å²) in [5.74, 6) is 0. The minimum absolute atomic E-state index is 0.0599. The number of nitrogens with zero attached hydrogens (tertiary/aromatic N) is 1. The van der Waals surface area contributed by atoms with Crippen LogP contribution in [0.5, 0.6) is 0 Å². The van der Waals surface area contributed by atoms with E-state index in [1.807, 2.05) is 0 Å². The fourth-order valence-electron chi connectivity index (χ4n) is 1.30. The van der Waals surface area contributed by atoms with E-state index in [-0.39, 0.29) is 6.10 Å². The lowest BCUT2D eigenvalue weighted by Crippen LogP contribution is -2.23. The van der Waals surface area contributed by atoms with Gasteiger partial charge in [-0.25, -0.2) is 0 Å². The summed E-state index contributed by atoms with van der Waals surface area (Å²) in [4.78, 5) is 2.31. The molecule has 0 amide bonds. The highest BCUT2D eigenvalue weighted by Crippen LogP contribution is 2.08. The van der Waals surface area contributed by atoms with Crippen molar-refractivity contribution in [3.8, 4) is 0 Å². The van der Waals surface area contributed by atoms with Crippen LogP contribution in [0.2, 0.25) is 0 Å². The molecule has 2 nitrogen and oxygen atoms in total. The van der Waals surface area contributed by atoms with Crippen LogP contribution in [0.25, 0.3) is 0 Å². The van der Waals surface area contributed by atoms with Gasteiger partial charge in [0.1, 0.15) is 0 Å². The van der Waals surface area contributed by atoms with Gasteiger partial charge < -0.3 is 10.0 Å². The summed E-state index contributed by atoms with van der Waals surface area (Å²) in [7, 11) is 0. The Morgan fingerprint density at radius 1 is 1.60 bits per heavy atom. The lowest BCUT2D eigenvalue weighted by Gasteiger charge is -2.12. The number of alkyl halides is 1. The summed E-state index contributed by atoms with van der Waals surface area (Å²) in [6, 6.07) is 0. The summed E-state index contributed by atoms with van der Waals surface area (Å²) in [6.07, 6.45) is 2.09. The molecule has 1 rings (SSSR count). The molecule has 0 radical (unpaired) electrons. The van der Waals surface area contributed by atoms with Crippen molar-refractivity contribution < 1.29 is 5.11 Å². The van der Waals surface area contributed by atoms with Gasteiger partial charge in [-0.05, 0) is 19.4 Å². The fraction of sp³-hybridized carbons (Fsp3) is 1.00. The van der Waals surface area contributed by atoms with E-state index >= 15 is 0 Å². The summed E-state index contributed by atoms with van der Waals surface area (Å²) < 4.78 is 0. The van der Waals surface area contributed by atoms with Gasteiger partial charge in [0.05, 0.1) is 6.10 Å². The minimum atomic E-state index is -0.0599. The normalized spacial score (nSPS) is 27.6. The molecule has 0 aliphatic carbocycles. The van der Waals surface area contributed by atoms with Crippen molar-refractivity contribution in [3.05, 3.63) is 0 Å². The van der Waals surface area contributed by atoms with E-state index in [2.05, 4.69) is 20.8 Å². The molecule has 0 aromatic carbocycles. The van der Waals surface area contributed by atoms with Gasteiger partial charge >= 0.3 is 0 Å². The van der Waals surface area contributed by atoms with E-state index in [1.165, 1.54) is 6.42 Å². The van der Waals surface area contributed by atoms with E-state index < -0.39 is 0 Å². The van der Waals surface area contributed by atoms with Gasteiger partial charge in [0.2, 0.25) is 0 Å². The predicted molar refractivity (Wildman–Crippen MR) is 45.5 cm³/mol. The van der Waals surface area contributed by atoms with Crippen molar-refractivity contribution in [2.24, 2.45) is 0 Å². The number of aliphatic hydroxyl groups is 1. The third kappa shape index (κ3) is 2.56. The van der Waals surface area contributed by atoms with Crippen LogP contribution in [-0.4, -0.2) is 41.1 Å². The molecule has 0 spiro atoms. The summed E-state index contributed by atoms with van der Waals surface area (Å²) in [6.45, 7) is 3.09. The smallest absolute Gasteiger partial charge is 0.0679 e. The quantitative estimate of drug-likeness (QED) is 0.694. The van der Waals surface area contributed by atoms with Crippen LogP contribution >= 0.6 is 15.9 Å². The Morgan fingerprint density at radius 2 is 2.40 bits per heavy atom. The van der Waals surface area contributed by atoms with Crippen LogP contribution in [-0.2, 0) is 0 Å². The molecule has 1 fully saturated rings. The topological polar surface area (TPSA) is 23.5 Å². The summed E-state index contributed by atoms with van der Waals surface area (Å²) in [5.41, 5.74) is 0. The van der Waals surface area contributed by atoms with Crippen LogP contribution in [0.1, 0.15) is 12.8 Å². The highest BCUT2D eigenvalue weighted by Gasteiger charge is 2.18. The van der Waals surface area contributed by atoms with Crippen LogP contribution in [0.4, 0.5) is 0 Å². The molecule has 0 aromatic heterocycles. The molecule has 3 heteroatoms. The molecular weight excluding hydrogens is 194 g/mol. The zero-order valence-corrected chi connectivity index (χ0v) is 7.68. The van der Waals surface area contributed by atoms with Crippen molar-refractivity contribution in [2.75, 3.05) is 25.0 Å². The van der Waals surface area contributed by atoms with Crippen molar-refractivity contribution in [1.82, 2.24) is 4.90 Å². The Kier molecular flexibility index (Phi) is 3.66. The minimum Gasteiger partial charge on any atom is -0.392 e. The molecule has 10 heavy (non-hydrogen) atoms. The fourth-order valence-corrected chi connectivity index (χ4v) is 1.55. The maximum absolute atomic E-state index is 9.15. The number of hydrogen-bond donors (Lipinski definition) is 1. The van der Waals surface area contributed by atoms with Crippen LogP contribution in [0, 0.1) is 0 Å². The highest BCUT2D eigenvalue weighted by molar-refractivity contribution is 9.09. The molecule has 0 aromatic rings. The van der Waals surface area contributed by atoms with Crippen molar-refractivity contribution in [3.63, 3.8) is 0 Å². The van der Waals surface area contributed by atoms with Gasteiger partial charge in [0.15, 0.2) is 0 Å². The summed E-state index contributed by atoms with van der Waals surface area (Å²) >= 11 is 3.38. The maximum Gasteiger partial charge on any atom is 0.0679 e. The average molecular weight is 208 g/mol. The first kappa shape index (κ1) is 8.50. The molecule has 0 saturated carbocycles. The number of β-amino-alcohol motifs (C(OH)–C–C–N with tert-alkyl or cyclic N) is 1. The third-order valence-corrected chi connectivity index (χ3v) is 2.42. The first-order chi connectivity index (χ1) is 4.83. The molecule has 1 heterocycles. The molecule has 1 unspecified atom stereocenters. The Morgan fingerprint density at radius 3 is 2.90 bits per heavy atom. The number of aliphatic hydroxyl groups excluding tert-OH is 1. The van der Waals surface area contributed by atoms with Gasteiger partial charge in [-0.3, -0.25) is 0 Å². The first-order valence-electron chi connectivity index (χ1n) is 3.79. The Bertz CT molecular complexity index is 99.6. The first-order valence-corrected chi connectivity index (χ1v) is 4.91. The number of halogens is 1. The monoisotopic (exact) mass is 207 g/mol. The van der Waals surface area contributed by atoms with E-state index in [0.717, 1.165) is 31.4 Å². The van der Waals surface area contributed by atoms with Gasteiger partial charge in [-0.2, -0.15) is 0 Å². The zero-order chi connectivity index (χ0) is 7.40. The second-order valence-electron chi connectivity index (χ2n) is 2.79. The van der Waals surface area contributed by atoms with Gasteiger partial charge in [-0.15, -0.1) is 0 Å². The second-order valence-corrected chi connectivity index (χ2v) is 3.58. The average Bonchev–Trinajstić information content (AvgIpc) is 2.31. The lowest BCUT2D eigenvalue weighted by molar-refractivity contribution is 0.176. The molecule has 1 N–H and O–H groups in total. The Balaban J connectivity index is 2.06. The van der Waals surface area contributed by atoms with Crippen molar-refractivity contribution in [2.45, 2.75) is 18.9 Å². The SMILES string of the molecule is OC1CCN(CCCBr)C1. The standard InChI is InChI=1S/C7H14BrNO/c8-3-1-4-9-5-2-7(10)6-9/h7,10H,1-6H2. The van der Waals surface area contributed by atoms with Crippen LogP contribution in [0.15, 0.2) is 0 Å². The van der Waals surface area contributed by atoms with Crippen molar-refractivity contribution >= 4 is 15.9 Å². The largest absolute Gasteiger partial charge is 0.392 e. The third-order valence-electron chi connectivity index (χ3n) is 1.86. The van der Waals surface area contributed by atoms with E-state index in [4.69, 9.17) is 5.11 Å². The van der Waals surface area contributed by atoms with E-state index in [0.29, 0.717) is 0 Å². The van der Waals surface area contributed by atoms with Gasteiger partial charge in [0.25, 0.3) is 0 Å². The summed E-state index contributed by atoms with van der Waals surface area (Å²) in [5, 5.41) is 10.2. The number of hydrogen-bond acceptors (Lipinski definition) is 2. The van der Waals surface area contributed by atoms with Crippen LogP contribution < -0.4 is 0 Å². The van der Waals surface area contributed by atoms with Gasteiger partial charge in [-0.1, -0.05) is 15.9 Å². The Hall–Kier alpha value is 0.400. The molecule has 1 atom stereocenters. The number of rotatable bonds is 3. The molecule has 1 aliphatic heterocycles.